The first-order chi connectivity index (χ1) is 9.97. The summed E-state index contributed by atoms with van der Waals surface area (Å²) in [5.74, 6) is 0. The van der Waals surface area contributed by atoms with Crippen LogP contribution in [-0.4, -0.2) is 25.8 Å². The zero-order valence-corrected chi connectivity index (χ0v) is 14.2. The molecule has 1 aromatic heterocycles. The molecule has 3 rings (SSSR count). The van der Waals surface area contributed by atoms with Gasteiger partial charge < -0.3 is 5.73 Å². The number of nitrogens with two attached hydrogens (primary N) is 1. The van der Waals surface area contributed by atoms with Gasteiger partial charge in [0.25, 0.3) is 0 Å². The average molecular weight is 329 g/mol. The third kappa shape index (κ3) is 2.79. The Morgan fingerprint density at radius 1 is 1.24 bits per heavy atom. The summed E-state index contributed by atoms with van der Waals surface area (Å²) in [6.07, 6.45) is 7.26. The Morgan fingerprint density at radius 2 is 1.86 bits per heavy atom. The Bertz CT molecular complexity index is 606. The molecule has 6 heteroatoms. The molecule has 1 aliphatic heterocycles. The van der Waals surface area contributed by atoms with E-state index in [2.05, 4.69) is 0 Å². The molecule has 0 amide bonds. The molecule has 1 saturated heterocycles. The lowest BCUT2D eigenvalue weighted by Gasteiger charge is -2.38. The van der Waals surface area contributed by atoms with E-state index in [1.54, 1.807) is 10.4 Å². The number of hydrogen-bond acceptors (Lipinski definition) is 4. The van der Waals surface area contributed by atoms with Crippen molar-refractivity contribution in [1.29, 1.82) is 0 Å². The van der Waals surface area contributed by atoms with Gasteiger partial charge in [-0.05, 0) is 44.1 Å². The first-order valence-corrected chi connectivity index (χ1v) is 10.0. The number of piperidine rings is 1. The number of thiophene rings is 1. The van der Waals surface area contributed by atoms with Crippen molar-refractivity contribution in [1.82, 2.24) is 4.31 Å². The van der Waals surface area contributed by atoms with Crippen LogP contribution in [0.15, 0.2) is 11.0 Å². The third-order valence-electron chi connectivity index (χ3n) is 5.19. The molecule has 0 unspecified atom stereocenters. The summed E-state index contributed by atoms with van der Waals surface area (Å²) in [6.45, 7) is 3.63. The monoisotopic (exact) mass is 328 g/mol. The summed E-state index contributed by atoms with van der Waals surface area (Å²) in [7, 11) is -3.34. The van der Waals surface area contributed by atoms with Crippen molar-refractivity contribution in [3.8, 4) is 0 Å². The SMILES string of the molecule is Cc1sc(CN)cc1S(=O)(=O)N1CCC2(CCCC2)CC1. The molecule has 1 saturated carbocycles. The van der Waals surface area contributed by atoms with Crippen LogP contribution in [0.25, 0.3) is 0 Å². The molecule has 2 aliphatic rings. The van der Waals surface area contributed by atoms with Crippen molar-refractivity contribution < 1.29 is 8.42 Å². The maximum atomic E-state index is 12.8. The van der Waals surface area contributed by atoms with E-state index in [0.29, 0.717) is 29.9 Å². The van der Waals surface area contributed by atoms with Crippen molar-refractivity contribution in [3.05, 3.63) is 15.8 Å². The topological polar surface area (TPSA) is 63.4 Å². The zero-order chi connectivity index (χ0) is 15.1. The molecule has 1 aliphatic carbocycles. The highest BCUT2D eigenvalue weighted by Crippen LogP contribution is 2.47. The summed E-state index contributed by atoms with van der Waals surface area (Å²) in [4.78, 5) is 2.27. The second kappa shape index (κ2) is 5.65. The van der Waals surface area contributed by atoms with Gasteiger partial charge >= 0.3 is 0 Å². The molecule has 21 heavy (non-hydrogen) atoms. The normalized spacial score (nSPS) is 23.0. The van der Waals surface area contributed by atoms with Crippen molar-refractivity contribution in [2.45, 2.75) is 56.9 Å². The van der Waals surface area contributed by atoms with Gasteiger partial charge in [-0.1, -0.05) is 12.8 Å². The third-order valence-corrected chi connectivity index (χ3v) is 8.42. The highest BCUT2D eigenvalue weighted by Gasteiger charge is 2.40. The summed E-state index contributed by atoms with van der Waals surface area (Å²) in [5, 5.41) is 0. The van der Waals surface area contributed by atoms with Crippen molar-refractivity contribution in [3.63, 3.8) is 0 Å². The van der Waals surface area contributed by atoms with Gasteiger partial charge in [0.15, 0.2) is 0 Å². The molecule has 0 atom stereocenters. The minimum atomic E-state index is -3.34. The molecule has 2 heterocycles. The molecule has 118 valence electrons. The number of hydrogen-bond donors (Lipinski definition) is 1. The lowest BCUT2D eigenvalue weighted by molar-refractivity contribution is 0.160. The number of sulfonamides is 1. The molecule has 4 nitrogen and oxygen atoms in total. The summed E-state index contributed by atoms with van der Waals surface area (Å²) < 4.78 is 27.4. The number of rotatable bonds is 3. The van der Waals surface area contributed by atoms with E-state index in [1.807, 2.05) is 6.92 Å². The van der Waals surface area contributed by atoms with Crippen LogP contribution in [0.2, 0.25) is 0 Å². The molecule has 2 N–H and O–H groups in total. The Balaban J connectivity index is 1.78. The molecule has 0 aromatic carbocycles. The molecular formula is C15H24N2O2S2. The largest absolute Gasteiger partial charge is 0.326 e. The van der Waals surface area contributed by atoms with Crippen molar-refractivity contribution in [2.75, 3.05) is 13.1 Å². The van der Waals surface area contributed by atoms with E-state index < -0.39 is 10.0 Å². The van der Waals surface area contributed by atoms with Crippen molar-refractivity contribution in [2.24, 2.45) is 11.1 Å². The highest BCUT2D eigenvalue weighted by atomic mass is 32.2. The zero-order valence-electron chi connectivity index (χ0n) is 12.6. The summed E-state index contributed by atoms with van der Waals surface area (Å²) in [5.41, 5.74) is 6.08. The standard InChI is InChI=1S/C15H24N2O2S2/c1-12-14(10-13(11-16)20-12)21(18,19)17-8-6-15(7-9-17)4-2-3-5-15/h10H,2-9,11,16H2,1H3. The first kappa shape index (κ1) is 15.5. The fraction of sp³-hybridized carbons (Fsp3) is 0.733. The maximum Gasteiger partial charge on any atom is 0.244 e. The quantitative estimate of drug-likeness (QED) is 0.928. The minimum absolute atomic E-state index is 0.407. The molecule has 0 radical (unpaired) electrons. The Kier molecular flexibility index (Phi) is 4.16. The summed E-state index contributed by atoms with van der Waals surface area (Å²) >= 11 is 1.49. The van der Waals surface area contributed by atoms with Crippen molar-refractivity contribution >= 4 is 21.4 Å². The van der Waals surface area contributed by atoms with Gasteiger partial charge in [-0.15, -0.1) is 11.3 Å². The number of aryl methyl sites for hydroxylation is 1. The predicted octanol–water partition coefficient (Wildman–Crippen LogP) is 2.86. The Morgan fingerprint density at radius 3 is 2.38 bits per heavy atom. The molecule has 0 bridgehead atoms. The second-order valence-electron chi connectivity index (χ2n) is 6.45. The van der Waals surface area contributed by atoms with Gasteiger partial charge in [0.1, 0.15) is 0 Å². The lowest BCUT2D eigenvalue weighted by Crippen LogP contribution is -2.42. The smallest absolute Gasteiger partial charge is 0.244 e. The van der Waals surface area contributed by atoms with Gasteiger partial charge in [-0.3, -0.25) is 0 Å². The van der Waals surface area contributed by atoms with E-state index in [1.165, 1.54) is 37.0 Å². The highest BCUT2D eigenvalue weighted by molar-refractivity contribution is 7.89. The molecular weight excluding hydrogens is 304 g/mol. The van der Waals surface area contributed by atoms with Gasteiger partial charge in [0.2, 0.25) is 10.0 Å². The van der Waals surface area contributed by atoms with Crippen LogP contribution in [0.4, 0.5) is 0 Å². The van der Waals surface area contributed by atoms with Crippen LogP contribution in [-0.2, 0) is 16.6 Å². The van der Waals surface area contributed by atoms with Crippen LogP contribution >= 0.6 is 11.3 Å². The minimum Gasteiger partial charge on any atom is -0.326 e. The lowest BCUT2D eigenvalue weighted by atomic mass is 9.78. The summed E-state index contributed by atoms with van der Waals surface area (Å²) in [6, 6.07) is 1.76. The average Bonchev–Trinajstić information content (AvgIpc) is 3.07. The predicted molar refractivity (Wildman–Crippen MR) is 85.8 cm³/mol. The molecule has 2 fully saturated rings. The fourth-order valence-electron chi connectivity index (χ4n) is 3.85. The second-order valence-corrected chi connectivity index (χ2v) is 9.70. The maximum absolute atomic E-state index is 12.8. The Hall–Kier alpha value is -0.430. The molecule has 1 aromatic rings. The Labute approximate surface area is 131 Å². The van der Waals surface area contributed by atoms with Gasteiger partial charge in [0.05, 0.1) is 4.90 Å². The van der Waals surface area contributed by atoms with E-state index in [-0.39, 0.29) is 0 Å². The van der Waals surface area contributed by atoms with Crippen LogP contribution in [0.5, 0.6) is 0 Å². The van der Waals surface area contributed by atoms with E-state index in [4.69, 9.17) is 5.73 Å². The van der Waals surface area contributed by atoms with Gasteiger partial charge in [-0.2, -0.15) is 4.31 Å². The van der Waals surface area contributed by atoms with E-state index >= 15 is 0 Å². The number of nitrogens with zero attached hydrogens (tertiary/aromatic N) is 1. The van der Waals surface area contributed by atoms with Crippen LogP contribution in [0.3, 0.4) is 0 Å². The van der Waals surface area contributed by atoms with Gasteiger partial charge in [0, 0.05) is 29.4 Å². The van der Waals surface area contributed by atoms with Crippen LogP contribution < -0.4 is 5.73 Å². The first-order valence-electron chi connectivity index (χ1n) is 7.76. The van der Waals surface area contributed by atoms with E-state index in [0.717, 1.165) is 22.6 Å². The van der Waals surface area contributed by atoms with Crippen LogP contribution in [0, 0.1) is 12.3 Å². The van der Waals surface area contributed by atoms with Gasteiger partial charge in [-0.25, -0.2) is 8.42 Å². The van der Waals surface area contributed by atoms with Crippen LogP contribution in [0.1, 0.15) is 48.3 Å². The van der Waals surface area contributed by atoms with E-state index in [9.17, 15) is 8.42 Å². The molecule has 1 spiro atoms. The fourth-order valence-corrected chi connectivity index (χ4v) is 6.77.